The van der Waals surface area contributed by atoms with Crippen LogP contribution in [0.5, 0.6) is 0 Å². The zero-order chi connectivity index (χ0) is 14.0. The lowest BCUT2D eigenvalue weighted by molar-refractivity contribution is -0.0550. The molecule has 1 unspecified atom stereocenters. The summed E-state index contributed by atoms with van der Waals surface area (Å²) in [7, 11) is -3.98. The van der Waals surface area contributed by atoms with Gasteiger partial charge in [0.25, 0.3) is 0 Å². The topological polar surface area (TPSA) is 87.8 Å². The fourth-order valence-corrected chi connectivity index (χ4v) is 2.44. The Hall–Kier alpha value is -0.990. The van der Waals surface area contributed by atoms with Gasteiger partial charge >= 0.3 is 10.3 Å². The molecule has 3 atom stereocenters. The van der Waals surface area contributed by atoms with Crippen molar-refractivity contribution in [1.29, 1.82) is 0 Å². The van der Waals surface area contributed by atoms with Gasteiger partial charge in [-0.3, -0.25) is 4.18 Å². The molecule has 2 N–H and O–H groups in total. The molecule has 106 valence electrons. The Morgan fingerprint density at radius 2 is 2.00 bits per heavy atom. The predicted molar refractivity (Wildman–Crippen MR) is 68.4 cm³/mol. The molecule has 1 aliphatic heterocycles. The average molecular weight is 287 g/mol. The summed E-state index contributed by atoms with van der Waals surface area (Å²) in [6.07, 6.45) is -1.29. The van der Waals surface area contributed by atoms with E-state index >= 15 is 0 Å². The van der Waals surface area contributed by atoms with E-state index in [0.717, 1.165) is 11.1 Å². The highest BCUT2D eigenvalue weighted by Crippen LogP contribution is 2.34. The van der Waals surface area contributed by atoms with Crippen molar-refractivity contribution in [3.05, 3.63) is 35.4 Å². The number of benzene rings is 1. The summed E-state index contributed by atoms with van der Waals surface area (Å²) in [6.45, 7) is 3.55. The molecule has 0 saturated carbocycles. The van der Waals surface area contributed by atoms with Gasteiger partial charge in [-0.15, -0.1) is 0 Å². The Kier molecular flexibility index (Phi) is 4.22. The SMILES string of the molecule is Cc1ccccc1[C@@H]1OC(C)O[C@H]1COS(N)(=O)=O. The van der Waals surface area contributed by atoms with Gasteiger partial charge in [0.05, 0.1) is 6.61 Å². The third kappa shape index (κ3) is 3.74. The molecular weight excluding hydrogens is 270 g/mol. The zero-order valence-electron chi connectivity index (χ0n) is 10.8. The summed E-state index contributed by atoms with van der Waals surface area (Å²) < 4.78 is 37.5. The average Bonchev–Trinajstić information content (AvgIpc) is 2.67. The molecule has 0 bridgehead atoms. The molecule has 1 heterocycles. The third-order valence-electron chi connectivity index (χ3n) is 2.93. The lowest BCUT2D eigenvalue weighted by Gasteiger charge is -2.18. The molecule has 0 spiro atoms. The molecule has 0 amide bonds. The molecule has 7 heteroatoms. The lowest BCUT2D eigenvalue weighted by Crippen LogP contribution is -2.27. The first-order valence-corrected chi connectivity index (χ1v) is 7.37. The first kappa shape index (κ1) is 14.4. The molecule has 0 radical (unpaired) electrons. The maximum absolute atomic E-state index is 10.8. The van der Waals surface area contributed by atoms with Crippen molar-refractivity contribution in [2.45, 2.75) is 32.3 Å². The first-order valence-electron chi connectivity index (χ1n) is 5.90. The lowest BCUT2D eigenvalue weighted by atomic mass is 10.00. The molecule has 2 rings (SSSR count). The molecule has 1 fully saturated rings. The van der Waals surface area contributed by atoms with Crippen LogP contribution < -0.4 is 5.14 Å². The molecular formula is C12H17NO5S. The third-order valence-corrected chi connectivity index (χ3v) is 3.40. The standard InChI is InChI=1S/C12H17NO5S/c1-8-5-3-4-6-10(8)12-11(17-9(2)18-12)7-16-19(13,14)15/h3-6,9,11-12H,7H2,1-2H3,(H2,13,14,15)/t9?,11-,12-/m0/s1. The van der Waals surface area contributed by atoms with E-state index in [0.29, 0.717) is 0 Å². The minimum absolute atomic E-state index is 0.165. The van der Waals surface area contributed by atoms with Crippen LogP contribution in [0.3, 0.4) is 0 Å². The van der Waals surface area contributed by atoms with Crippen molar-refractivity contribution in [3.8, 4) is 0 Å². The Morgan fingerprint density at radius 1 is 1.32 bits per heavy atom. The Labute approximate surface area is 112 Å². The normalized spacial score (nSPS) is 27.6. The van der Waals surface area contributed by atoms with Crippen molar-refractivity contribution in [3.63, 3.8) is 0 Å². The summed E-state index contributed by atoms with van der Waals surface area (Å²) in [5.74, 6) is 0. The minimum Gasteiger partial charge on any atom is -0.344 e. The summed E-state index contributed by atoms with van der Waals surface area (Å²) in [5.41, 5.74) is 2.00. The van der Waals surface area contributed by atoms with Gasteiger partial charge in [0.15, 0.2) is 6.29 Å². The highest BCUT2D eigenvalue weighted by atomic mass is 32.2. The second-order valence-corrected chi connectivity index (χ2v) is 5.65. The molecule has 1 aliphatic rings. The van der Waals surface area contributed by atoms with Gasteiger partial charge in [-0.05, 0) is 25.0 Å². The van der Waals surface area contributed by atoms with Gasteiger partial charge in [-0.1, -0.05) is 24.3 Å². The smallest absolute Gasteiger partial charge is 0.333 e. The largest absolute Gasteiger partial charge is 0.344 e. The van der Waals surface area contributed by atoms with Crippen LogP contribution in [0, 0.1) is 6.92 Å². The molecule has 0 aliphatic carbocycles. The quantitative estimate of drug-likeness (QED) is 0.893. The van der Waals surface area contributed by atoms with Gasteiger partial charge in [0.2, 0.25) is 0 Å². The highest BCUT2D eigenvalue weighted by molar-refractivity contribution is 7.84. The van der Waals surface area contributed by atoms with Crippen LogP contribution >= 0.6 is 0 Å². The van der Waals surface area contributed by atoms with Crippen molar-refractivity contribution < 1.29 is 22.1 Å². The van der Waals surface area contributed by atoms with E-state index in [9.17, 15) is 8.42 Å². The van der Waals surface area contributed by atoms with Gasteiger partial charge < -0.3 is 9.47 Å². The number of hydrogen-bond donors (Lipinski definition) is 1. The summed E-state index contributed by atoms with van der Waals surface area (Å²) >= 11 is 0. The number of aryl methyl sites for hydroxylation is 1. The van der Waals surface area contributed by atoms with Crippen molar-refractivity contribution in [2.24, 2.45) is 5.14 Å². The van der Waals surface area contributed by atoms with E-state index in [2.05, 4.69) is 4.18 Å². The number of rotatable bonds is 4. The van der Waals surface area contributed by atoms with Crippen LogP contribution in [0.4, 0.5) is 0 Å². The monoisotopic (exact) mass is 287 g/mol. The van der Waals surface area contributed by atoms with Crippen LogP contribution in [0.25, 0.3) is 0 Å². The van der Waals surface area contributed by atoms with Gasteiger partial charge in [0.1, 0.15) is 12.2 Å². The maximum atomic E-state index is 10.8. The van der Waals surface area contributed by atoms with Gasteiger partial charge in [-0.25, -0.2) is 5.14 Å². The van der Waals surface area contributed by atoms with Crippen molar-refractivity contribution >= 4 is 10.3 Å². The van der Waals surface area contributed by atoms with Crippen molar-refractivity contribution in [2.75, 3.05) is 6.61 Å². The van der Waals surface area contributed by atoms with E-state index in [-0.39, 0.29) is 12.7 Å². The summed E-state index contributed by atoms with van der Waals surface area (Å²) in [6, 6.07) is 7.70. The molecule has 19 heavy (non-hydrogen) atoms. The molecule has 1 aromatic carbocycles. The maximum Gasteiger partial charge on any atom is 0.333 e. The molecule has 6 nitrogen and oxygen atoms in total. The van der Waals surface area contributed by atoms with Gasteiger partial charge in [-0.2, -0.15) is 8.42 Å². The highest BCUT2D eigenvalue weighted by Gasteiger charge is 2.36. The second kappa shape index (κ2) is 5.56. The van der Waals surface area contributed by atoms with E-state index < -0.39 is 22.7 Å². The summed E-state index contributed by atoms with van der Waals surface area (Å²) in [5, 5.41) is 4.82. The zero-order valence-corrected chi connectivity index (χ0v) is 11.6. The van der Waals surface area contributed by atoms with Crippen LogP contribution in [0.2, 0.25) is 0 Å². The Morgan fingerprint density at radius 3 is 2.63 bits per heavy atom. The Balaban J connectivity index is 2.16. The van der Waals surface area contributed by atoms with Crippen LogP contribution in [-0.4, -0.2) is 27.4 Å². The molecule has 1 saturated heterocycles. The second-order valence-electron chi connectivity index (χ2n) is 4.43. The van der Waals surface area contributed by atoms with Crippen LogP contribution in [0.15, 0.2) is 24.3 Å². The van der Waals surface area contributed by atoms with Gasteiger partial charge in [0, 0.05) is 0 Å². The number of hydrogen-bond acceptors (Lipinski definition) is 5. The minimum atomic E-state index is -3.98. The fourth-order valence-electron chi connectivity index (χ4n) is 2.11. The van der Waals surface area contributed by atoms with Crippen molar-refractivity contribution in [1.82, 2.24) is 0 Å². The number of ether oxygens (including phenoxy) is 2. The van der Waals surface area contributed by atoms with E-state index in [1.165, 1.54) is 0 Å². The summed E-state index contributed by atoms with van der Waals surface area (Å²) in [4.78, 5) is 0. The first-order chi connectivity index (χ1) is 8.87. The van der Waals surface area contributed by atoms with Crippen LogP contribution in [0.1, 0.15) is 24.2 Å². The molecule has 1 aromatic rings. The van der Waals surface area contributed by atoms with E-state index in [4.69, 9.17) is 14.6 Å². The van der Waals surface area contributed by atoms with E-state index in [1.807, 2.05) is 31.2 Å². The van der Waals surface area contributed by atoms with E-state index in [1.54, 1.807) is 6.92 Å². The molecule has 0 aromatic heterocycles. The predicted octanol–water partition coefficient (Wildman–Crippen LogP) is 1.02. The van der Waals surface area contributed by atoms with Crippen LogP contribution in [-0.2, 0) is 24.0 Å². The Bertz CT molecular complexity index is 545. The fraction of sp³-hybridized carbons (Fsp3) is 0.500. The number of nitrogens with two attached hydrogens (primary N) is 1.